The topological polar surface area (TPSA) is 6.48 Å². The van der Waals surface area contributed by atoms with Gasteiger partial charge < -0.3 is 4.90 Å². The van der Waals surface area contributed by atoms with Crippen molar-refractivity contribution >= 4 is 10.8 Å². The maximum Gasteiger partial charge on any atom is 0.0394 e. The van der Waals surface area contributed by atoms with Crippen LogP contribution < -0.4 is 0 Å². The molecule has 126 valence electrons. The van der Waals surface area contributed by atoms with Crippen LogP contribution in [0.15, 0.2) is 36.4 Å². The highest BCUT2D eigenvalue weighted by atomic mass is 15.2. The molecule has 2 nitrogen and oxygen atoms in total. The molecule has 2 fully saturated rings. The van der Waals surface area contributed by atoms with Crippen LogP contribution in [0.5, 0.6) is 0 Å². The van der Waals surface area contributed by atoms with Gasteiger partial charge in [-0.1, -0.05) is 42.8 Å². The molecule has 1 unspecified atom stereocenters. The number of nitrogens with zero attached hydrogens (tertiary/aromatic N) is 2. The SMILES string of the molecule is c1cc2c3c(cccc3c1)C(N1CCC(N3CCCCC3)CC1)C2. The van der Waals surface area contributed by atoms with Crippen LogP contribution in [-0.4, -0.2) is 42.0 Å². The molecule has 2 aliphatic heterocycles. The van der Waals surface area contributed by atoms with E-state index in [0.717, 1.165) is 6.04 Å². The summed E-state index contributed by atoms with van der Waals surface area (Å²) >= 11 is 0. The zero-order chi connectivity index (χ0) is 15.9. The van der Waals surface area contributed by atoms with Gasteiger partial charge in [-0.05, 0) is 67.1 Å². The second kappa shape index (κ2) is 6.16. The molecule has 5 rings (SSSR count). The molecular weight excluding hydrogens is 292 g/mol. The number of rotatable bonds is 2. The summed E-state index contributed by atoms with van der Waals surface area (Å²) < 4.78 is 0. The molecule has 2 aromatic carbocycles. The van der Waals surface area contributed by atoms with E-state index in [2.05, 4.69) is 46.2 Å². The monoisotopic (exact) mass is 320 g/mol. The van der Waals surface area contributed by atoms with Gasteiger partial charge >= 0.3 is 0 Å². The van der Waals surface area contributed by atoms with Crippen molar-refractivity contribution in [2.75, 3.05) is 26.2 Å². The molecule has 2 saturated heterocycles. The number of hydrogen-bond donors (Lipinski definition) is 0. The molecule has 0 amide bonds. The van der Waals surface area contributed by atoms with E-state index < -0.39 is 0 Å². The molecule has 0 aromatic heterocycles. The lowest BCUT2D eigenvalue weighted by molar-refractivity contribution is 0.0731. The van der Waals surface area contributed by atoms with Crippen molar-refractivity contribution in [2.24, 2.45) is 0 Å². The van der Waals surface area contributed by atoms with Crippen molar-refractivity contribution in [3.8, 4) is 0 Å². The van der Waals surface area contributed by atoms with Gasteiger partial charge in [0.1, 0.15) is 0 Å². The summed E-state index contributed by atoms with van der Waals surface area (Å²) in [6, 6.07) is 15.2. The lowest BCUT2D eigenvalue weighted by Gasteiger charge is -2.42. The standard InChI is InChI=1S/C22H28N2/c1-2-12-23(13-3-1)19-10-14-24(15-11-19)21-16-18-8-4-6-17-7-5-9-20(21)22(17)18/h4-9,19,21H,1-3,10-16H2. The molecule has 0 bridgehead atoms. The average Bonchev–Trinajstić information content (AvgIpc) is 3.04. The molecule has 2 heterocycles. The van der Waals surface area contributed by atoms with E-state index in [4.69, 9.17) is 0 Å². The van der Waals surface area contributed by atoms with Gasteiger partial charge in [0.2, 0.25) is 0 Å². The maximum absolute atomic E-state index is 2.78. The smallest absolute Gasteiger partial charge is 0.0394 e. The summed E-state index contributed by atoms with van der Waals surface area (Å²) in [5.41, 5.74) is 3.14. The zero-order valence-electron chi connectivity index (χ0n) is 14.6. The number of hydrogen-bond acceptors (Lipinski definition) is 2. The molecule has 0 saturated carbocycles. The molecule has 2 aromatic rings. The first-order chi connectivity index (χ1) is 11.9. The Morgan fingerprint density at radius 1 is 0.750 bits per heavy atom. The summed E-state index contributed by atoms with van der Waals surface area (Å²) in [7, 11) is 0. The zero-order valence-corrected chi connectivity index (χ0v) is 14.6. The Balaban J connectivity index is 1.32. The van der Waals surface area contributed by atoms with E-state index in [1.54, 1.807) is 16.5 Å². The first kappa shape index (κ1) is 14.9. The largest absolute Gasteiger partial charge is 0.300 e. The number of likely N-dealkylation sites (tertiary alicyclic amines) is 2. The fourth-order valence-corrected chi connectivity index (χ4v) is 5.39. The molecular formula is C22H28N2. The van der Waals surface area contributed by atoms with Crippen LogP contribution in [0, 0.1) is 0 Å². The third-order valence-corrected chi connectivity index (χ3v) is 6.64. The van der Waals surface area contributed by atoms with Crippen molar-refractivity contribution in [1.29, 1.82) is 0 Å². The molecule has 1 atom stereocenters. The fraction of sp³-hybridized carbons (Fsp3) is 0.545. The normalized spacial score (nSPS) is 26.2. The second-order valence-corrected chi connectivity index (χ2v) is 7.95. The summed E-state index contributed by atoms with van der Waals surface area (Å²) in [6.45, 7) is 5.24. The molecule has 3 aliphatic rings. The van der Waals surface area contributed by atoms with E-state index in [9.17, 15) is 0 Å². The summed E-state index contributed by atoms with van der Waals surface area (Å²) in [5.74, 6) is 0. The minimum absolute atomic E-state index is 0.619. The predicted molar refractivity (Wildman–Crippen MR) is 100 cm³/mol. The van der Waals surface area contributed by atoms with Crippen LogP contribution >= 0.6 is 0 Å². The third-order valence-electron chi connectivity index (χ3n) is 6.64. The van der Waals surface area contributed by atoms with Gasteiger partial charge in [-0.25, -0.2) is 0 Å². The summed E-state index contributed by atoms with van der Waals surface area (Å²) in [4.78, 5) is 5.56. The first-order valence-electron chi connectivity index (χ1n) is 9.89. The van der Waals surface area contributed by atoms with Crippen molar-refractivity contribution < 1.29 is 0 Å². The van der Waals surface area contributed by atoms with Crippen LogP contribution in [0.3, 0.4) is 0 Å². The van der Waals surface area contributed by atoms with Crippen molar-refractivity contribution in [2.45, 2.75) is 50.6 Å². The van der Waals surface area contributed by atoms with Gasteiger partial charge in [-0.15, -0.1) is 0 Å². The van der Waals surface area contributed by atoms with E-state index in [1.807, 2.05) is 0 Å². The van der Waals surface area contributed by atoms with Crippen molar-refractivity contribution in [3.63, 3.8) is 0 Å². The van der Waals surface area contributed by atoms with Crippen molar-refractivity contribution in [3.05, 3.63) is 47.5 Å². The minimum atomic E-state index is 0.619. The van der Waals surface area contributed by atoms with Gasteiger partial charge in [0.05, 0.1) is 0 Å². The van der Waals surface area contributed by atoms with Gasteiger partial charge in [0.25, 0.3) is 0 Å². The Labute approximate surface area is 145 Å². The van der Waals surface area contributed by atoms with Gasteiger partial charge in [0, 0.05) is 25.2 Å². The van der Waals surface area contributed by atoms with E-state index in [1.165, 1.54) is 70.1 Å². The minimum Gasteiger partial charge on any atom is -0.300 e. The molecule has 1 aliphatic carbocycles. The molecule has 0 radical (unpaired) electrons. The van der Waals surface area contributed by atoms with Crippen LogP contribution in [0.2, 0.25) is 0 Å². The first-order valence-corrected chi connectivity index (χ1v) is 9.89. The Bertz CT molecular complexity index is 719. The summed E-state index contributed by atoms with van der Waals surface area (Å²) in [5, 5.41) is 2.97. The van der Waals surface area contributed by atoms with E-state index in [0.29, 0.717) is 6.04 Å². The molecule has 0 spiro atoms. The number of piperidine rings is 2. The molecule has 2 heteroatoms. The Kier molecular flexibility index (Phi) is 3.83. The van der Waals surface area contributed by atoms with Crippen LogP contribution in [0.25, 0.3) is 10.8 Å². The third kappa shape index (κ3) is 2.48. The summed E-state index contributed by atoms with van der Waals surface area (Å²) in [6.07, 6.45) is 8.22. The van der Waals surface area contributed by atoms with Gasteiger partial charge in [-0.3, -0.25) is 4.90 Å². The fourth-order valence-electron chi connectivity index (χ4n) is 5.39. The van der Waals surface area contributed by atoms with Gasteiger partial charge in [-0.2, -0.15) is 0 Å². The molecule has 24 heavy (non-hydrogen) atoms. The van der Waals surface area contributed by atoms with Crippen LogP contribution in [-0.2, 0) is 6.42 Å². The van der Waals surface area contributed by atoms with Crippen LogP contribution in [0.1, 0.15) is 49.3 Å². The Morgan fingerprint density at radius 3 is 2.29 bits per heavy atom. The Morgan fingerprint density at radius 2 is 1.50 bits per heavy atom. The number of benzene rings is 2. The average molecular weight is 320 g/mol. The van der Waals surface area contributed by atoms with Gasteiger partial charge in [0.15, 0.2) is 0 Å². The second-order valence-electron chi connectivity index (χ2n) is 7.95. The van der Waals surface area contributed by atoms with E-state index in [-0.39, 0.29) is 0 Å². The maximum atomic E-state index is 2.78. The lowest BCUT2D eigenvalue weighted by atomic mass is 9.97. The highest BCUT2D eigenvalue weighted by Crippen LogP contribution is 2.41. The van der Waals surface area contributed by atoms with Crippen LogP contribution in [0.4, 0.5) is 0 Å². The van der Waals surface area contributed by atoms with E-state index >= 15 is 0 Å². The predicted octanol–water partition coefficient (Wildman–Crippen LogP) is 4.39. The quantitative estimate of drug-likeness (QED) is 0.810. The highest BCUT2D eigenvalue weighted by Gasteiger charge is 2.33. The lowest BCUT2D eigenvalue weighted by Crippen LogP contribution is -2.47. The highest BCUT2D eigenvalue weighted by molar-refractivity contribution is 5.91. The van der Waals surface area contributed by atoms with Crippen molar-refractivity contribution in [1.82, 2.24) is 9.80 Å². The molecule has 0 N–H and O–H groups in total. The Hall–Kier alpha value is -1.38.